The first-order valence-electron chi connectivity index (χ1n) is 5.34. The van der Waals surface area contributed by atoms with Gasteiger partial charge >= 0.3 is 0 Å². The Kier molecular flexibility index (Phi) is 5.12. The van der Waals surface area contributed by atoms with Crippen molar-refractivity contribution >= 4 is 11.8 Å². The van der Waals surface area contributed by atoms with Crippen LogP contribution in [0.15, 0.2) is 18.5 Å². The summed E-state index contributed by atoms with van der Waals surface area (Å²) in [5, 5.41) is 4.02. The highest BCUT2D eigenvalue weighted by atomic mass is 32.2. The second kappa shape index (κ2) is 6.13. The number of nitrogens with zero attached hydrogens (tertiary/aromatic N) is 1. The van der Waals surface area contributed by atoms with Gasteiger partial charge in [-0.2, -0.15) is 11.8 Å². The quantitative estimate of drug-likeness (QED) is 0.832. The first kappa shape index (κ1) is 12.5. The average Bonchev–Trinajstić information content (AvgIpc) is 2.18. The van der Waals surface area contributed by atoms with Crippen LogP contribution >= 0.6 is 11.8 Å². The number of hydrogen-bond acceptors (Lipinski definition) is 3. The predicted molar refractivity (Wildman–Crippen MR) is 68.4 cm³/mol. The van der Waals surface area contributed by atoms with E-state index < -0.39 is 0 Å². The molecule has 1 unspecified atom stereocenters. The normalized spacial score (nSPS) is 13.1. The highest BCUT2D eigenvalue weighted by molar-refractivity contribution is 7.99. The van der Waals surface area contributed by atoms with Crippen LogP contribution in [0.5, 0.6) is 0 Å². The number of rotatable bonds is 5. The molecule has 0 saturated heterocycles. The van der Waals surface area contributed by atoms with Crippen molar-refractivity contribution in [3.05, 3.63) is 29.6 Å². The van der Waals surface area contributed by atoms with Gasteiger partial charge < -0.3 is 5.32 Å². The van der Waals surface area contributed by atoms with Crippen molar-refractivity contribution in [3.8, 4) is 0 Å². The van der Waals surface area contributed by atoms with E-state index in [0.717, 1.165) is 5.75 Å². The topological polar surface area (TPSA) is 24.9 Å². The zero-order chi connectivity index (χ0) is 11.3. The molecule has 0 saturated carbocycles. The minimum absolute atomic E-state index is 0.407. The molecule has 84 valence electrons. The zero-order valence-corrected chi connectivity index (χ0v) is 10.8. The molecule has 1 rings (SSSR count). The third kappa shape index (κ3) is 4.22. The van der Waals surface area contributed by atoms with E-state index in [4.69, 9.17) is 0 Å². The number of pyridine rings is 1. The maximum Gasteiger partial charge on any atom is 0.0424 e. The van der Waals surface area contributed by atoms with Crippen molar-refractivity contribution < 1.29 is 0 Å². The summed E-state index contributed by atoms with van der Waals surface area (Å²) >= 11 is 1.97. The van der Waals surface area contributed by atoms with E-state index >= 15 is 0 Å². The van der Waals surface area contributed by atoms with Crippen molar-refractivity contribution in [1.29, 1.82) is 0 Å². The van der Waals surface area contributed by atoms with Crippen LogP contribution in [0.25, 0.3) is 0 Å². The van der Waals surface area contributed by atoms with Crippen LogP contribution in [0.3, 0.4) is 0 Å². The van der Waals surface area contributed by atoms with Gasteiger partial charge in [-0.15, -0.1) is 0 Å². The molecule has 0 aliphatic rings. The summed E-state index contributed by atoms with van der Waals surface area (Å²) < 4.78 is 0. The lowest BCUT2D eigenvalue weighted by molar-refractivity contribution is 0.657. The average molecular weight is 224 g/mol. The number of aromatic nitrogens is 1. The molecule has 2 nitrogen and oxygen atoms in total. The SMILES string of the molecule is CNC(CSC(C)C)c1cncc(C)c1. The summed E-state index contributed by atoms with van der Waals surface area (Å²) in [5.41, 5.74) is 2.51. The van der Waals surface area contributed by atoms with E-state index in [1.165, 1.54) is 11.1 Å². The Morgan fingerprint density at radius 2 is 2.13 bits per heavy atom. The predicted octanol–water partition coefficient (Wildman–Crippen LogP) is 2.79. The summed E-state index contributed by atoms with van der Waals surface area (Å²) in [4.78, 5) is 4.23. The second-order valence-electron chi connectivity index (χ2n) is 4.02. The van der Waals surface area contributed by atoms with Crippen LogP contribution < -0.4 is 5.32 Å². The van der Waals surface area contributed by atoms with E-state index in [1.54, 1.807) is 0 Å². The lowest BCUT2D eigenvalue weighted by Crippen LogP contribution is -2.19. The van der Waals surface area contributed by atoms with E-state index in [1.807, 2.05) is 31.2 Å². The molecule has 15 heavy (non-hydrogen) atoms. The van der Waals surface area contributed by atoms with Crippen LogP contribution in [-0.4, -0.2) is 23.0 Å². The van der Waals surface area contributed by atoms with E-state index in [9.17, 15) is 0 Å². The first-order valence-corrected chi connectivity index (χ1v) is 6.38. The van der Waals surface area contributed by atoms with Gasteiger partial charge in [-0.3, -0.25) is 4.98 Å². The van der Waals surface area contributed by atoms with Gasteiger partial charge in [0.15, 0.2) is 0 Å². The van der Waals surface area contributed by atoms with Crippen molar-refractivity contribution in [1.82, 2.24) is 10.3 Å². The van der Waals surface area contributed by atoms with Gasteiger partial charge in [0.2, 0.25) is 0 Å². The molecule has 1 heterocycles. The van der Waals surface area contributed by atoms with Crippen molar-refractivity contribution in [2.45, 2.75) is 32.1 Å². The second-order valence-corrected chi connectivity index (χ2v) is 5.63. The fourth-order valence-corrected chi connectivity index (χ4v) is 2.34. The van der Waals surface area contributed by atoms with Gasteiger partial charge in [0.1, 0.15) is 0 Å². The van der Waals surface area contributed by atoms with E-state index in [-0.39, 0.29) is 0 Å². The molecule has 3 heteroatoms. The molecule has 0 aromatic carbocycles. The minimum Gasteiger partial charge on any atom is -0.312 e. The first-order chi connectivity index (χ1) is 7.13. The summed E-state index contributed by atoms with van der Waals surface area (Å²) in [5.74, 6) is 1.10. The largest absolute Gasteiger partial charge is 0.312 e. The lowest BCUT2D eigenvalue weighted by atomic mass is 10.1. The molecule has 0 aliphatic heterocycles. The van der Waals surface area contributed by atoms with Crippen molar-refractivity contribution in [2.75, 3.05) is 12.8 Å². The Bertz CT molecular complexity index is 299. The highest BCUT2D eigenvalue weighted by Gasteiger charge is 2.10. The number of thioether (sulfide) groups is 1. The minimum atomic E-state index is 0.407. The van der Waals surface area contributed by atoms with Crippen LogP contribution in [0.2, 0.25) is 0 Å². The highest BCUT2D eigenvalue weighted by Crippen LogP contribution is 2.20. The standard InChI is InChI=1S/C12H20N2S/c1-9(2)15-8-12(13-4)11-5-10(3)6-14-7-11/h5-7,9,12-13H,8H2,1-4H3. The zero-order valence-electron chi connectivity index (χ0n) is 9.95. The summed E-state index contributed by atoms with van der Waals surface area (Å²) in [7, 11) is 2.01. The Morgan fingerprint density at radius 1 is 1.40 bits per heavy atom. The molecule has 1 atom stereocenters. The van der Waals surface area contributed by atoms with Crippen LogP contribution in [0, 0.1) is 6.92 Å². The molecule has 0 amide bonds. The molecule has 1 aromatic heterocycles. The van der Waals surface area contributed by atoms with Crippen molar-refractivity contribution in [2.24, 2.45) is 0 Å². The molecule has 1 N–H and O–H groups in total. The summed E-state index contributed by atoms with van der Waals surface area (Å²) in [6.45, 7) is 6.54. The third-order valence-electron chi connectivity index (χ3n) is 2.24. The smallest absolute Gasteiger partial charge is 0.0424 e. The fourth-order valence-electron chi connectivity index (χ4n) is 1.40. The van der Waals surface area contributed by atoms with E-state index in [2.05, 4.69) is 37.1 Å². The molecular weight excluding hydrogens is 204 g/mol. The summed E-state index contributed by atoms with van der Waals surface area (Å²) in [6.07, 6.45) is 3.85. The maximum atomic E-state index is 4.23. The number of aryl methyl sites for hydroxylation is 1. The monoisotopic (exact) mass is 224 g/mol. The van der Waals surface area contributed by atoms with Crippen LogP contribution in [0.4, 0.5) is 0 Å². The van der Waals surface area contributed by atoms with Crippen molar-refractivity contribution in [3.63, 3.8) is 0 Å². The molecule has 0 fully saturated rings. The third-order valence-corrected chi connectivity index (χ3v) is 3.44. The van der Waals surface area contributed by atoms with Crippen LogP contribution in [-0.2, 0) is 0 Å². The number of nitrogens with one attached hydrogen (secondary N) is 1. The van der Waals surface area contributed by atoms with Gasteiger partial charge in [0.25, 0.3) is 0 Å². The van der Waals surface area contributed by atoms with Gasteiger partial charge in [-0.05, 0) is 30.3 Å². The molecule has 1 aromatic rings. The number of hydrogen-bond donors (Lipinski definition) is 1. The Balaban J connectivity index is 2.65. The molecule has 0 spiro atoms. The van der Waals surface area contributed by atoms with Gasteiger partial charge in [-0.1, -0.05) is 19.9 Å². The fraction of sp³-hybridized carbons (Fsp3) is 0.583. The molecule has 0 radical (unpaired) electrons. The van der Waals surface area contributed by atoms with Crippen LogP contribution in [0.1, 0.15) is 31.0 Å². The molecular formula is C12H20N2S. The van der Waals surface area contributed by atoms with Gasteiger partial charge in [-0.25, -0.2) is 0 Å². The maximum absolute atomic E-state index is 4.23. The summed E-state index contributed by atoms with van der Waals surface area (Å²) in [6, 6.07) is 2.61. The Labute approximate surface area is 96.9 Å². The van der Waals surface area contributed by atoms with E-state index in [0.29, 0.717) is 11.3 Å². The Hall–Kier alpha value is -0.540. The Morgan fingerprint density at radius 3 is 2.67 bits per heavy atom. The molecule has 0 aliphatic carbocycles. The lowest BCUT2D eigenvalue weighted by Gasteiger charge is -2.17. The van der Waals surface area contributed by atoms with Gasteiger partial charge in [0, 0.05) is 24.2 Å². The van der Waals surface area contributed by atoms with Gasteiger partial charge in [0.05, 0.1) is 0 Å². The molecule has 0 bridgehead atoms.